The van der Waals surface area contributed by atoms with Gasteiger partial charge in [0.25, 0.3) is 0 Å². The van der Waals surface area contributed by atoms with Crippen LogP contribution in [0.15, 0.2) is 42.6 Å². The molecule has 0 fully saturated rings. The number of benzene rings is 1. The van der Waals surface area contributed by atoms with Crippen molar-refractivity contribution in [1.82, 2.24) is 9.88 Å². The zero-order valence-corrected chi connectivity index (χ0v) is 12.6. The van der Waals surface area contributed by atoms with Crippen LogP contribution in [0.25, 0.3) is 0 Å². The summed E-state index contributed by atoms with van der Waals surface area (Å²) in [4.78, 5) is 17.7. The number of carbonyl (C=O) groups is 1. The third kappa shape index (κ3) is 4.36. The second-order valence-electron chi connectivity index (χ2n) is 4.50. The lowest BCUT2D eigenvalue weighted by Crippen LogP contribution is -2.30. The van der Waals surface area contributed by atoms with E-state index in [-0.39, 0.29) is 6.03 Å². The number of carbonyl (C=O) groups excluding carboxylic acids is 1. The number of nitrogens with one attached hydrogen (secondary N) is 1. The first-order valence-corrected chi connectivity index (χ1v) is 6.73. The van der Waals surface area contributed by atoms with E-state index < -0.39 is 0 Å². The molecule has 0 radical (unpaired) electrons. The molecule has 0 aliphatic heterocycles. The summed E-state index contributed by atoms with van der Waals surface area (Å²) in [6, 6.07) is 10.6. The number of amides is 2. The number of methoxy groups -OCH3 is 1. The van der Waals surface area contributed by atoms with Crippen LogP contribution < -0.4 is 10.1 Å². The fourth-order valence-corrected chi connectivity index (χ4v) is 1.86. The Kier molecular flexibility index (Phi) is 5.00. The maximum atomic E-state index is 12.1. The molecule has 5 nitrogen and oxygen atoms in total. The van der Waals surface area contributed by atoms with Crippen LogP contribution in [-0.4, -0.2) is 30.1 Å². The van der Waals surface area contributed by atoms with Crippen molar-refractivity contribution in [3.63, 3.8) is 0 Å². The molecule has 2 rings (SSSR count). The van der Waals surface area contributed by atoms with Gasteiger partial charge in [-0.05, 0) is 23.8 Å². The van der Waals surface area contributed by atoms with Crippen molar-refractivity contribution in [2.45, 2.75) is 6.54 Å². The van der Waals surface area contributed by atoms with E-state index in [0.717, 1.165) is 5.56 Å². The number of halogens is 1. The van der Waals surface area contributed by atoms with Crippen molar-refractivity contribution in [2.75, 3.05) is 19.5 Å². The summed E-state index contributed by atoms with van der Waals surface area (Å²) in [5.41, 5.74) is 1.62. The largest absolute Gasteiger partial charge is 0.481 e. The standard InChI is InChI=1S/C15H16ClN3O2/c1-19(10-11-3-5-12(16)6-4-11)15(20)18-13-7-8-14(21-2)17-9-13/h3-9H,10H2,1-2H3,(H,18,20). The van der Waals surface area contributed by atoms with Crippen LogP contribution in [0.4, 0.5) is 10.5 Å². The van der Waals surface area contributed by atoms with Gasteiger partial charge in [-0.2, -0.15) is 0 Å². The number of ether oxygens (including phenoxy) is 1. The maximum absolute atomic E-state index is 12.1. The zero-order chi connectivity index (χ0) is 15.2. The van der Waals surface area contributed by atoms with Gasteiger partial charge in [-0.15, -0.1) is 0 Å². The quantitative estimate of drug-likeness (QED) is 0.942. The first-order valence-electron chi connectivity index (χ1n) is 6.35. The number of urea groups is 1. The van der Waals surface area contributed by atoms with Crippen molar-refractivity contribution >= 4 is 23.3 Å². The second-order valence-corrected chi connectivity index (χ2v) is 4.94. The highest BCUT2D eigenvalue weighted by Crippen LogP contribution is 2.13. The molecule has 1 N–H and O–H groups in total. The van der Waals surface area contributed by atoms with E-state index in [1.165, 1.54) is 0 Å². The summed E-state index contributed by atoms with van der Waals surface area (Å²) in [5.74, 6) is 0.502. The summed E-state index contributed by atoms with van der Waals surface area (Å²) in [5, 5.41) is 3.44. The van der Waals surface area contributed by atoms with E-state index in [2.05, 4.69) is 10.3 Å². The molecule has 21 heavy (non-hydrogen) atoms. The highest BCUT2D eigenvalue weighted by Gasteiger charge is 2.09. The first-order chi connectivity index (χ1) is 10.1. The van der Waals surface area contributed by atoms with Crippen molar-refractivity contribution in [2.24, 2.45) is 0 Å². The van der Waals surface area contributed by atoms with E-state index in [4.69, 9.17) is 16.3 Å². The van der Waals surface area contributed by atoms with Gasteiger partial charge < -0.3 is 15.0 Å². The fraction of sp³-hybridized carbons (Fsp3) is 0.200. The smallest absolute Gasteiger partial charge is 0.321 e. The van der Waals surface area contributed by atoms with Gasteiger partial charge >= 0.3 is 6.03 Å². The van der Waals surface area contributed by atoms with Crippen LogP contribution in [0.3, 0.4) is 0 Å². The predicted molar refractivity (Wildman–Crippen MR) is 82.7 cm³/mol. The normalized spacial score (nSPS) is 10.0. The average Bonchev–Trinajstić information content (AvgIpc) is 2.50. The Balaban J connectivity index is 1.93. The van der Waals surface area contributed by atoms with E-state index in [1.807, 2.05) is 12.1 Å². The van der Waals surface area contributed by atoms with Crippen molar-refractivity contribution in [1.29, 1.82) is 0 Å². The van der Waals surface area contributed by atoms with Gasteiger partial charge in [0.05, 0.1) is 19.0 Å². The SMILES string of the molecule is COc1ccc(NC(=O)N(C)Cc2ccc(Cl)cc2)cn1. The molecular weight excluding hydrogens is 290 g/mol. The monoisotopic (exact) mass is 305 g/mol. The Labute approximate surface area is 128 Å². The van der Waals surface area contributed by atoms with Crippen LogP contribution in [-0.2, 0) is 6.54 Å². The molecule has 1 aromatic heterocycles. The Hall–Kier alpha value is -2.27. The summed E-state index contributed by atoms with van der Waals surface area (Å²) in [6.07, 6.45) is 1.55. The summed E-state index contributed by atoms with van der Waals surface area (Å²) in [6.45, 7) is 0.493. The van der Waals surface area contributed by atoms with Crippen LogP contribution in [0.2, 0.25) is 5.02 Å². The van der Waals surface area contributed by atoms with E-state index >= 15 is 0 Å². The minimum Gasteiger partial charge on any atom is -0.481 e. The van der Waals surface area contributed by atoms with Gasteiger partial charge in [-0.1, -0.05) is 23.7 Å². The van der Waals surface area contributed by atoms with E-state index in [1.54, 1.807) is 49.5 Å². The Bertz CT molecular complexity index is 599. The Morgan fingerprint density at radius 2 is 2.00 bits per heavy atom. The van der Waals surface area contributed by atoms with Gasteiger partial charge in [0, 0.05) is 24.7 Å². The molecule has 6 heteroatoms. The molecule has 2 amide bonds. The number of nitrogens with zero attached hydrogens (tertiary/aromatic N) is 2. The topological polar surface area (TPSA) is 54.5 Å². The maximum Gasteiger partial charge on any atom is 0.321 e. The molecule has 2 aromatic rings. The van der Waals surface area contributed by atoms with Crippen molar-refractivity contribution < 1.29 is 9.53 Å². The molecule has 0 aliphatic carbocycles. The first kappa shape index (κ1) is 15.1. The lowest BCUT2D eigenvalue weighted by Gasteiger charge is -2.18. The molecule has 1 heterocycles. The van der Waals surface area contributed by atoms with Crippen molar-refractivity contribution in [3.8, 4) is 5.88 Å². The fourth-order valence-electron chi connectivity index (χ4n) is 1.73. The van der Waals surface area contributed by atoms with Gasteiger partial charge in [-0.3, -0.25) is 0 Å². The van der Waals surface area contributed by atoms with Gasteiger partial charge in [0.15, 0.2) is 0 Å². The van der Waals surface area contributed by atoms with E-state index in [0.29, 0.717) is 23.1 Å². The summed E-state index contributed by atoms with van der Waals surface area (Å²) >= 11 is 5.83. The number of rotatable bonds is 4. The van der Waals surface area contributed by atoms with Crippen molar-refractivity contribution in [3.05, 3.63) is 53.2 Å². The highest BCUT2D eigenvalue weighted by molar-refractivity contribution is 6.30. The molecule has 0 saturated heterocycles. The molecule has 0 saturated carbocycles. The van der Waals surface area contributed by atoms with E-state index in [9.17, 15) is 4.79 Å². The summed E-state index contributed by atoms with van der Waals surface area (Å²) < 4.78 is 4.97. The molecule has 110 valence electrons. The summed E-state index contributed by atoms with van der Waals surface area (Å²) in [7, 11) is 3.27. The lowest BCUT2D eigenvalue weighted by molar-refractivity contribution is 0.220. The van der Waals surface area contributed by atoms with Crippen LogP contribution >= 0.6 is 11.6 Å². The Morgan fingerprint density at radius 1 is 1.29 bits per heavy atom. The van der Waals surface area contributed by atoms with Crippen LogP contribution in [0, 0.1) is 0 Å². The Morgan fingerprint density at radius 3 is 2.57 bits per heavy atom. The number of anilines is 1. The zero-order valence-electron chi connectivity index (χ0n) is 11.8. The average molecular weight is 306 g/mol. The minimum atomic E-state index is -0.211. The van der Waals surface area contributed by atoms with Crippen LogP contribution in [0.5, 0.6) is 5.88 Å². The number of hydrogen-bond donors (Lipinski definition) is 1. The predicted octanol–water partition coefficient (Wildman–Crippen LogP) is 3.41. The molecule has 0 unspecified atom stereocenters. The van der Waals surface area contributed by atoms with Gasteiger partial charge in [-0.25, -0.2) is 9.78 Å². The van der Waals surface area contributed by atoms with Gasteiger partial charge in [0.1, 0.15) is 0 Å². The number of hydrogen-bond acceptors (Lipinski definition) is 3. The molecule has 0 atom stereocenters. The second kappa shape index (κ2) is 6.95. The molecular formula is C15H16ClN3O2. The minimum absolute atomic E-state index is 0.211. The third-order valence-electron chi connectivity index (χ3n) is 2.88. The highest BCUT2D eigenvalue weighted by atomic mass is 35.5. The number of aromatic nitrogens is 1. The molecule has 1 aromatic carbocycles. The molecule has 0 spiro atoms. The number of pyridine rings is 1. The van der Waals surface area contributed by atoms with Crippen LogP contribution in [0.1, 0.15) is 5.56 Å². The lowest BCUT2D eigenvalue weighted by atomic mass is 10.2. The third-order valence-corrected chi connectivity index (χ3v) is 3.13. The molecule has 0 bridgehead atoms. The molecule has 0 aliphatic rings. The van der Waals surface area contributed by atoms with Gasteiger partial charge in [0.2, 0.25) is 5.88 Å².